The molecular formula is C22H25N7O5S. The molecule has 1 aliphatic heterocycles. The third-order valence-corrected chi connectivity index (χ3v) is 6.65. The number of hydrogen-bond donors (Lipinski definition) is 0. The van der Waals surface area contributed by atoms with Crippen LogP contribution >= 0.6 is 0 Å². The average molecular weight is 500 g/mol. The molecule has 184 valence electrons. The van der Waals surface area contributed by atoms with Crippen molar-refractivity contribution in [2.75, 3.05) is 32.2 Å². The molecule has 5 rings (SSSR count). The third-order valence-electron chi connectivity index (χ3n) is 5.72. The lowest BCUT2D eigenvalue weighted by Gasteiger charge is -2.28. The first-order chi connectivity index (χ1) is 16.8. The van der Waals surface area contributed by atoms with Gasteiger partial charge in [-0.3, -0.25) is 9.88 Å². The van der Waals surface area contributed by atoms with E-state index in [9.17, 15) is 8.42 Å². The molecule has 12 nitrogen and oxygen atoms in total. The van der Waals surface area contributed by atoms with E-state index in [2.05, 4.69) is 25.4 Å². The molecule has 4 aromatic rings. The molecule has 13 heteroatoms. The van der Waals surface area contributed by atoms with Crippen LogP contribution in [0.2, 0.25) is 0 Å². The van der Waals surface area contributed by atoms with Crippen molar-refractivity contribution in [2.45, 2.75) is 26.5 Å². The standard InChI is InChI=1S/C22H25N7O5S/c1-14-10-18(27-34-14)21-25-24-20-11-19(32-2)22(26-29(20)21)33-13-16-5-4-15-12-28(7-6-17(15)23-16)8-9-35(3,30)31/h4-5,10-11H,6-9,12-13H2,1-3H3. The number of nitrogens with zero attached hydrogens (tertiary/aromatic N) is 7. The lowest BCUT2D eigenvalue weighted by atomic mass is 10.1. The molecule has 0 bridgehead atoms. The first-order valence-electron chi connectivity index (χ1n) is 11.0. The maximum Gasteiger partial charge on any atom is 0.275 e. The second-order valence-electron chi connectivity index (χ2n) is 8.49. The summed E-state index contributed by atoms with van der Waals surface area (Å²) in [6.45, 7) is 3.97. The molecule has 35 heavy (non-hydrogen) atoms. The van der Waals surface area contributed by atoms with Gasteiger partial charge in [-0.2, -0.15) is 4.52 Å². The molecule has 0 saturated carbocycles. The summed E-state index contributed by atoms with van der Waals surface area (Å²) in [5, 5.41) is 16.8. The number of ether oxygens (including phenoxy) is 2. The minimum Gasteiger partial charge on any atom is -0.491 e. The van der Waals surface area contributed by atoms with E-state index in [0.717, 1.165) is 29.9 Å². The van der Waals surface area contributed by atoms with Crippen LogP contribution in [-0.4, -0.2) is 75.5 Å². The Labute approximate surface area is 201 Å². The molecule has 0 radical (unpaired) electrons. The minimum absolute atomic E-state index is 0.158. The first-order valence-corrected chi connectivity index (χ1v) is 13.1. The zero-order valence-electron chi connectivity index (χ0n) is 19.6. The predicted octanol–water partition coefficient (Wildman–Crippen LogP) is 1.47. The SMILES string of the molecule is COc1cc2nnc(-c3cc(C)on3)n2nc1OCc1ccc2c(n1)CCN(CCS(C)(=O)=O)C2. The van der Waals surface area contributed by atoms with Crippen LogP contribution in [0.1, 0.15) is 22.7 Å². The van der Waals surface area contributed by atoms with Crippen molar-refractivity contribution >= 4 is 15.5 Å². The highest BCUT2D eigenvalue weighted by molar-refractivity contribution is 7.90. The quantitative estimate of drug-likeness (QED) is 0.348. The second kappa shape index (κ2) is 9.23. The van der Waals surface area contributed by atoms with Crippen molar-refractivity contribution in [1.82, 2.24) is 34.9 Å². The Bertz CT molecular complexity index is 1480. The number of sulfone groups is 1. The highest BCUT2D eigenvalue weighted by Gasteiger charge is 2.20. The highest BCUT2D eigenvalue weighted by Crippen LogP contribution is 2.28. The molecule has 4 aromatic heterocycles. The Hall–Kier alpha value is -3.58. The van der Waals surface area contributed by atoms with Gasteiger partial charge in [0, 0.05) is 50.1 Å². The van der Waals surface area contributed by atoms with Gasteiger partial charge in [0.2, 0.25) is 5.82 Å². The fraction of sp³-hybridized carbons (Fsp3) is 0.409. The van der Waals surface area contributed by atoms with E-state index >= 15 is 0 Å². The van der Waals surface area contributed by atoms with Crippen LogP contribution in [0, 0.1) is 6.92 Å². The zero-order valence-corrected chi connectivity index (χ0v) is 20.4. The summed E-state index contributed by atoms with van der Waals surface area (Å²) in [6, 6.07) is 7.37. The van der Waals surface area contributed by atoms with Crippen LogP contribution < -0.4 is 9.47 Å². The van der Waals surface area contributed by atoms with Crippen LogP contribution in [-0.2, 0) is 29.4 Å². The molecule has 0 atom stereocenters. The summed E-state index contributed by atoms with van der Waals surface area (Å²) in [7, 11) is -1.45. The number of rotatable bonds is 8. The van der Waals surface area contributed by atoms with Gasteiger partial charge in [0.25, 0.3) is 5.88 Å². The van der Waals surface area contributed by atoms with Gasteiger partial charge in [0.05, 0.1) is 18.6 Å². The maximum atomic E-state index is 11.5. The van der Waals surface area contributed by atoms with Crippen molar-refractivity contribution in [3.05, 3.63) is 47.0 Å². The van der Waals surface area contributed by atoms with Crippen LogP contribution in [0.5, 0.6) is 11.6 Å². The van der Waals surface area contributed by atoms with Gasteiger partial charge in [-0.25, -0.2) is 8.42 Å². The van der Waals surface area contributed by atoms with Crippen LogP contribution in [0.4, 0.5) is 0 Å². The molecular weight excluding hydrogens is 474 g/mol. The van der Waals surface area contributed by atoms with Crippen molar-refractivity contribution in [2.24, 2.45) is 0 Å². The Morgan fingerprint density at radius 1 is 1.20 bits per heavy atom. The lowest BCUT2D eigenvalue weighted by molar-refractivity contribution is 0.257. The van der Waals surface area contributed by atoms with Gasteiger partial charge < -0.3 is 14.0 Å². The van der Waals surface area contributed by atoms with E-state index in [-0.39, 0.29) is 18.2 Å². The van der Waals surface area contributed by atoms with E-state index in [1.54, 1.807) is 19.1 Å². The Morgan fingerprint density at radius 2 is 2.06 bits per heavy atom. The smallest absolute Gasteiger partial charge is 0.275 e. The van der Waals surface area contributed by atoms with E-state index in [0.29, 0.717) is 41.8 Å². The maximum absolute atomic E-state index is 11.5. The largest absolute Gasteiger partial charge is 0.491 e. The van der Waals surface area contributed by atoms with Gasteiger partial charge in [-0.15, -0.1) is 15.3 Å². The van der Waals surface area contributed by atoms with Crippen molar-refractivity contribution < 1.29 is 22.4 Å². The van der Waals surface area contributed by atoms with Crippen LogP contribution in [0.25, 0.3) is 17.2 Å². The van der Waals surface area contributed by atoms with E-state index < -0.39 is 9.84 Å². The molecule has 1 aliphatic rings. The summed E-state index contributed by atoms with van der Waals surface area (Å²) in [4.78, 5) is 6.89. The number of aryl methyl sites for hydroxylation is 1. The fourth-order valence-corrected chi connectivity index (χ4v) is 4.50. The van der Waals surface area contributed by atoms with Gasteiger partial charge in [0.15, 0.2) is 17.1 Å². The molecule has 0 aliphatic carbocycles. The van der Waals surface area contributed by atoms with Gasteiger partial charge in [-0.1, -0.05) is 11.2 Å². The van der Waals surface area contributed by atoms with Gasteiger partial charge in [0.1, 0.15) is 22.2 Å². The molecule has 0 amide bonds. The number of pyridine rings is 1. The van der Waals surface area contributed by atoms with E-state index in [4.69, 9.17) is 19.0 Å². The Morgan fingerprint density at radius 3 is 2.80 bits per heavy atom. The predicted molar refractivity (Wildman–Crippen MR) is 125 cm³/mol. The lowest BCUT2D eigenvalue weighted by Crippen LogP contribution is -2.34. The second-order valence-corrected chi connectivity index (χ2v) is 10.7. The Balaban J connectivity index is 1.32. The summed E-state index contributed by atoms with van der Waals surface area (Å²) in [6.07, 6.45) is 2.02. The molecule has 0 N–H and O–H groups in total. The minimum atomic E-state index is -2.98. The fourth-order valence-electron chi connectivity index (χ4n) is 3.91. The summed E-state index contributed by atoms with van der Waals surface area (Å²) < 4.78 is 41.0. The number of fused-ring (bicyclic) bond motifs is 2. The van der Waals surface area contributed by atoms with Crippen molar-refractivity contribution in [1.29, 1.82) is 0 Å². The molecule has 0 unspecified atom stereocenters. The number of aromatic nitrogens is 6. The zero-order chi connectivity index (χ0) is 24.6. The molecule has 0 aromatic carbocycles. The van der Waals surface area contributed by atoms with Crippen molar-refractivity contribution in [3.63, 3.8) is 0 Å². The summed E-state index contributed by atoms with van der Waals surface area (Å²) >= 11 is 0. The molecule has 0 saturated heterocycles. The summed E-state index contributed by atoms with van der Waals surface area (Å²) in [5.41, 5.74) is 3.85. The monoisotopic (exact) mass is 499 g/mol. The van der Waals surface area contributed by atoms with Crippen molar-refractivity contribution in [3.8, 4) is 23.1 Å². The summed E-state index contributed by atoms with van der Waals surface area (Å²) in [5.74, 6) is 1.93. The molecule has 0 fully saturated rings. The first kappa shape index (κ1) is 23.2. The van der Waals surface area contributed by atoms with Gasteiger partial charge in [-0.05, 0) is 18.6 Å². The molecule has 5 heterocycles. The normalized spacial score (nSPS) is 14.3. The third kappa shape index (κ3) is 5.10. The average Bonchev–Trinajstić information content (AvgIpc) is 3.45. The topological polar surface area (TPSA) is 138 Å². The van der Waals surface area contributed by atoms with Crippen LogP contribution in [0.15, 0.2) is 28.8 Å². The molecule has 0 spiro atoms. The van der Waals surface area contributed by atoms with Gasteiger partial charge >= 0.3 is 0 Å². The number of methoxy groups -OCH3 is 1. The van der Waals surface area contributed by atoms with E-state index in [1.807, 2.05) is 12.1 Å². The number of hydrogen-bond acceptors (Lipinski definition) is 11. The highest BCUT2D eigenvalue weighted by atomic mass is 32.2. The van der Waals surface area contributed by atoms with Crippen LogP contribution in [0.3, 0.4) is 0 Å². The van der Waals surface area contributed by atoms with E-state index in [1.165, 1.54) is 17.9 Å². The Kier molecular flexibility index (Phi) is 6.11.